The zero-order valence-electron chi connectivity index (χ0n) is 13.4. The first-order chi connectivity index (χ1) is 11.1. The second-order valence-electron chi connectivity index (χ2n) is 5.99. The van der Waals surface area contributed by atoms with Gasteiger partial charge in [-0.25, -0.2) is 4.79 Å². The fourth-order valence-corrected chi connectivity index (χ4v) is 4.88. The second kappa shape index (κ2) is 7.15. The Morgan fingerprint density at radius 2 is 2.26 bits per heavy atom. The van der Waals surface area contributed by atoms with Crippen molar-refractivity contribution in [2.45, 2.75) is 51.2 Å². The molecule has 5 nitrogen and oxygen atoms in total. The summed E-state index contributed by atoms with van der Waals surface area (Å²) in [6.45, 7) is 2.89. The lowest BCUT2D eigenvalue weighted by molar-refractivity contribution is 0.0601. The van der Waals surface area contributed by atoms with Crippen LogP contribution in [0.5, 0.6) is 0 Å². The Morgan fingerprint density at radius 1 is 1.43 bits per heavy atom. The number of esters is 1. The minimum absolute atomic E-state index is 0.144. The molecule has 1 saturated heterocycles. The van der Waals surface area contributed by atoms with Crippen molar-refractivity contribution in [2.24, 2.45) is 0 Å². The monoisotopic (exact) mass is 354 g/mol. The Kier molecular flexibility index (Phi) is 5.18. The van der Waals surface area contributed by atoms with E-state index in [1.54, 1.807) is 11.3 Å². The Balaban J connectivity index is 1.69. The summed E-state index contributed by atoms with van der Waals surface area (Å²) in [4.78, 5) is 13.4. The zero-order chi connectivity index (χ0) is 16.4. The number of nitrogens with one attached hydrogen (secondary N) is 2. The quantitative estimate of drug-likeness (QED) is 0.640. The summed E-state index contributed by atoms with van der Waals surface area (Å²) in [5, 5.41) is 7.78. The highest BCUT2D eigenvalue weighted by atomic mass is 32.1. The molecular formula is C16H22N2O3S2. The molecule has 2 atom stereocenters. The van der Waals surface area contributed by atoms with Crippen LogP contribution >= 0.6 is 23.6 Å². The van der Waals surface area contributed by atoms with Crippen LogP contribution in [-0.2, 0) is 22.3 Å². The van der Waals surface area contributed by atoms with Crippen LogP contribution in [0.2, 0.25) is 0 Å². The van der Waals surface area contributed by atoms with Crippen LogP contribution in [0.1, 0.15) is 47.0 Å². The maximum atomic E-state index is 12.1. The predicted molar refractivity (Wildman–Crippen MR) is 95.5 cm³/mol. The number of fused-ring (bicyclic) bond motifs is 1. The third kappa shape index (κ3) is 3.51. The fourth-order valence-electron chi connectivity index (χ4n) is 3.25. The van der Waals surface area contributed by atoms with Crippen LogP contribution < -0.4 is 10.6 Å². The first kappa shape index (κ1) is 16.7. The summed E-state index contributed by atoms with van der Waals surface area (Å²) in [7, 11) is 1.42. The van der Waals surface area contributed by atoms with Crippen LogP contribution in [0.25, 0.3) is 0 Å². The molecule has 2 aliphatic rings. The second-order valence-corrected chi connectivity index (χ2v) is 7.51. The molecular weight excluding hydrogens is 332 g/mol. The number of carbonyl (C=O) groups excluding carboxylic acids is 1. The lowest BCUT2D eigenvalue weighted by Gasteiger charge is -2.21. The van der Waals surface area contributed by atoms with Gasteiger partial charge in [0.2, 0.25) is 0 Å². The molecule has 0 radical (unpaired) electrons. The molecule has 23 heavy (non-hydrogen) atoms. The minimum atomic E-state index is -0.290. The highest BCUT2D eigenvalue weighted by molar-refractivity contribution is 7.80. The topological polar surface area (TPSA) is 59.6 Å². The molecule has 2 unspecified atom stereocenters. The summed E-state index contributed by atoms with van der Waals surface area (Å²) < 4.78 is 10.6. The molecule has 1 aliphatic carbocycles. The number of carbonyl (C=O) groups is 1. The predicted octanol–water partition coefficient (Wildman–Crippen LogP) is 2.88. The van der Waals surface area contributed by atoms with E-state index in [2.05, 4.69) is 17.6 Å². The summed E-state index contributed by atoms with van der Waals surface area (Å²) in [6, 6.07) is 0.144. The molecule has 0 spiro atoms. The summed E-state index contributed by atoms with van der Waals surface area (Å²) in [5.41, 5.74) is 1.78. The van der Waals surface area contributed by atoms with Gasteiger partial charge in [0, 0.05) is 11.5 Å². The maximum Gasteiger partial charge on any atom is 0.341 e. The molecule has 0 amide bonds. The van der Waals surface area contributed by atoms with Gasteiger partial charge in [0.25, 0.3) is 0 Å². The molecule has 1 fully saturated rings. The van der Waals surface area contributed by atoms with Crippen LogP contribution in [0.4, 0.5) is 5.00 Å². The van der Waals surface area contributed by atoms with Gasteiger partial charge in [-0.3, -0.25) is 0 Å². The molecule has 3 rings (SSSR count). The van der Waals surface area contributed by atoms with Gasteiger partial charge in [-0.2, -0.15) is 0 Å². The van der Waals surface area contributed by atoms with Crippen LogP contribution in [0, 0.1) is 0 Å². The molecule has 7 heteroatoms. The average molecular weight is 354 g/mol. The summed E-state index contributed by atoms with van der Waals surface area (Å²) in [6.07, 6.45) is 5.41. The van der Waals surface area contributed by atoms with Crippen molar-refractivity contribution in [1.29, 1.82) is 0 Å². The number of methoxy groups -OCH3 is 1. The lowest BCUT2D eigenvalue weighted by Crippen LogP contribution is -2.42. The van der Waals surface area contributed by atoms with Gasteiger partial charge >= 0.3 is 5.97 Å². The normalized spacial score (nSPS) is 20.9. The molecule has 126 valence electrons. The van der Waals surface area contributed by atoms with E-state index in [1.807, 2.05) is 0 Å². The van der Waals surface area contributed by atoms with Crippen LogP contribution in [0.3, 0.4) is 0 Å². The van der Waals surface area contributed by atoms with E-state index in [9.17, 15) is 4.79 Å². The highest BCUT2D eigenvalue weighted by Crippen LogP contribution is 2.39. The van der Waals surface area contributed by atoms with Gasteiger partial charge in [-0.1, -0.05) is 0 Å². The molecule has 1 aliphatic heterocycles. The number of rotatable bonds is 4. The van der Waals surface area contributed by atoms with Crippen LogP contribution in [0.15, 0.2) is 0 Å². The lowest BCUT2D eigenvalue weighted by atomic mass is 10.1. The molecule has 1 aromatic rings. The summed E-state index contributed by atoms with van der Waals surface area (Å²) in [5.74, 6) is -0.290. The van der Waals surface area contributed by atoms with E-state index >= 15 is 0 Å². The van der Waals surface area contributed by atoms with Gasteiger partial charge in [0.05, 0.1) is 24.8 Å². The third-order valence-corrected chi connectivity index (χ3v) is 5.85. The van der Waals surface area contributed by atoms with Crippen molar-refractivity contribution in [3.63, 3.8) is 0 Å². The molecule has 0 saturated carbocycles. The van der Waals surface area contributed by atoms with E-state index < -0.39 is 0 Å². The number of thiocarbonyl (C=S) groups is 1. The first-order valence-electron chi connectivity index (χ1n) is 8.02. The van der Waals surface area contributed by atoms with Gasteiger partial charge in [0.15, 0.2) is 5.11 Å². The van der Waals surface area contributed by atoms with Crippen LogP contribution in [-0.4, -0.2) is 36.9 Å². The Labute approximate surface area is 145 Å². The standard InChI is InChI=1S/C16H22N2O3S2/c1-9(11-6-4-8-21-11)17-16(22)18-14-13(15(19)20-2)10-5-3-7-12(10)23-14/h9,11H,3-8H2,1-2H3,(H2,17,18,22). The number of hydrogen-bond acceptors (Lipinski definition) is 5. The molecule has 1 aromatic heterocycles. The molecule has 0 aromatic carbocycles. The highest BCUT2D eigenvalue weighted by Gasteiger charge is 2.28. The fraction of sp³-hybridized carbons (Fsp3) is 0.625. The van der Waals surface area contributed by atoms with E-state index in [1.165, 1.54) is 12.0 Å². The Morgan fingerprint density at radius 3 is 2.96 bits per heavy atom. The van der Waals surface area contributed by atoms with E-state index in [0.29, 0.717) is 10.7 Å². The van der Waals surface area contributed by atoms with Crippen molar-refractivity contribution in [2.75, 3.05) is 19.0 Å². The number of aryl methyl sites for hydroxylation is 1. The van der Waals surface area contributed by atoms with Gasteiger partial charge in [-0.15, -0.1) is 11.3 Å². The van der Waals surface area contributed by atoms with Gasteiger partial charge in [0.1, 0.15) is 5.00 Å². The largest absolute Gasteiger partial charge is 0.465 e. The Hall–Kier alpha value is -1.18. The Bertz CT molecular complexity index is 609. The SMILES string of the molecule is COC(=O)c1c(NC(=S)NC(C)C2CCCO2)sc2c1CCC2. The third-order valence-electron chi connectivity index (χ3n) is 4.42. The number of thiophene rings is 1. The first-order valence-corrected chi connectivity index (χ1v) is 9.24. The van der Waals surface area contributed by atoms with Crippen molar-refractivity contribution in [1.82, 2.24) is 5.32 Å². The maximum absolute atomic E-state index is 12.1. The van der Waals surface area contributed by atoms with Gasteiger partial charge < -0.3 is 20.1 Å². The van der Waals surface area contributed by atoms with Crippen molar-refractivity contribution < 1.29 is 14.3 Å². The minimum Gasteiger partial charge on any atom is -0.465 e. The van der Waals surface area contributed by atoms with Gasteiger partial charge in [-0.05, 0) is 56.8 Å². The number of anilines is 1. The smallest absolute Gasteiger partial charge is 0.341 e. The molecule has 2 heterocycles. The van der Waals surface area contributed by atoms with Crippen molar-refractivity contribution >= 4 is 39.6 Å². The van der Waals surface area contributed by atoms with E-state index in [4.69, 9.17) is 21.7 Å². The zero-order valence-corrected chi connectivity index (χ0v) is 15.1. The number of hydrogen-bond donors (Lipinski definition) is 2. The summed E-state index contributed by atoms with van der Waals surface area (Å²) >= 11 is 7.02. The van der Waals surface area contributed by atoms with Crippen molar-refractivity contribution in [3.05, 3.63) is 16.0 Å². The van der Waals surface area contributed by atoms with E-state index in [0.717, 1.165) is 49.3 Å². The number of ether oxygens (including phenoxy) is 2. The molecule has 2 N–H and O–H groups in total. The van der Waals surface area contributed by atoms with Crippen molar-refractivity contribution in [3.8, 4) is 0 Å². The average Bonchev–Trinajstić information content (AvgIpc) is 3.22. The molecule has 0 bridgehead atoms. The van der Waals surface area contributed by atoms with E-state index in [-0.39, 0.29) is 18.1 Å².